The van der Waals surface area contributed by atoms with Crippen molar-refractivity contribution in [2.75, 3.05) is 7.11 Å². The number of rotatable bonds is 4. The third-order valence-corrected chi connectivity index (χ3v) is 4.38. The second-order valence-corrected chi connectivity index (χ2v) is 5.49. The molecule has 0 fully saturated rings. The number of phenolic OH excluding ortho intramolecular Hbond substituents is 1. The zero-order chi connectivity index (χ0) is 16.3. The molecule has 2 unspecified atom stereocenters. The van der Waals surface area contributed by atoms with E-state index >= 15 is 0 Å². The van der Waals surface area contributed by atoms with Crippen LogP contribution in [0.5, 0.6) is 11.5 Å². The van der Waals surface area contributed by atoms with Crippen LogP contribution in [0.25, 0.3) is 0 Å². The van der Waals surface area contributed by atoms with Gasteiger partial charge in [-0.3, -0.25) is 4.98 Å². The first-order valence-corrected chi connectivity index (χ1v) is 7.49. The lowest BCUT2D eigenvalue weighted by molar-refractivity contribution is 0.404. The van der Waals surface area contributed by atoms with E-state index in [9.17, 15) is 5.11 Å². The number of nitrogens with zero attached hydrogens (tertiary/aromatic N) is 1. The summed E-state index contributed by atoms with van der Waals surface area (Å²) in [5.41, 5.74) is 1.29. The summed E-state index contributed by atoms with van der Waals surface area (Å²) < 4.78 is 5.36. The first-order valence-electron chi connectivity index (χ1n) is 7.49. The summed E-state index contributed by atoms with van der Waals surface area (Å²) in [7, 11) is 1.62. The van der Waals surface area contributed by atoms with Crippen molar-refractivity contribution in [2.24, 2.45) is 5.92 Å². The molecule has 2 atom stereocenters. The van der Waals surface area contributed by atoms with Gasteiger partial charge in [0.2, 0.25) is 0 Å². The molecule has 23 heavy (non-hydrogen) atoms. The lowest BCUT2D eigenvalue weighted by Gasteiger charge is -2.38. The Kier molecular flexibility index (Phi) is 4.02. The molecule has 0 spiro atoms. The van der Waals surface area contributed by atoms with Gasteiger partial charge in [0, 0.05) is 23.9 Å². The van der Waals surface area contributed by atoms with Crippen molar-refractivity contribution in [1.82, 2.24) is 4.98 Å². The lowest BCUT2D eigenvalue weighted by atomic mass is 9.64. The predicted octanol–water partition coefficient (Wildman–Crippen LogP) is 4.01. The van der Waals surface area contributed by atoms with Crippen LogP contribution in [0.1, 0.15) is 11.1 Å². The highest BCUT2D eigenvalue weighted by Gasteiger charge is 2.40. The van der Waals surface area contributed by atoms with Crippen molar-refractivity contribution in [2.45, 2.75) is 5.41 Å². The van der Waals surface area contributed by atoms with Gasteiger partial charge < -0.3 is 9.84 Å². The van der Waals surface area contributed by atoms with Crippen LogP contribution >= 0.6 is 0 Å². The minimum Gasteiger partial charge on any atom is -0.508 e. The maximum Gasteiger partial charge on any atom is 0.120 e. The molecular weight excluding hydrogens is 286 g/mol. The molecule has 0 bridgehead atoms. The van der Waals surface area contributed by atoms with Gasteiger partial charge in [0.1, 0.15) is 11.5 Å². The third-order valence-electron chi connectivity index (χ3n) is 4.38. The van der Waals surface area contributed by atoms with Gasteiger partial charge in [0.25, 0.3) is 0 Å². The van der Waals surface area contributed by atoms with Crippen LogP contribution in [0.2, 0.25) is 0 Å². The van der Waals surface area contributed by atoms with Crippen molar-refractivity contribution in [1.29, 1.82) is 0 Å². The molecule has 1 aliphatic carbocycles. The number of methoxy groups -OCH3 is 1. The number of benzene rings is 1. The molecule has 116 valence electrons. The average molecular weight is 305 g/mol. The number of aromatic hydroxyl groups is 1. The maximum absolute atomic E-state index is 10.6. The highest BCUT2D eigenvalue weighted by Crippen LogP contribution is 2.47. The van der Waals surface area contributed by atoms with Gasteiger partial charge in [-0.15, -0.1) is 6.58 Å². The molecule has 1 heterocycles. The van der Waals surface area contributed by atoms with Gasteiger partial charge >= 0.3 is 0 Å². The fraction of sp³-hybridized carbons (Fsp3) is 0.150. The SMILES string of the molecule is C=CC1C=CC=CC1(c1ccncc1)c1cc(OC)ccc1O. The Morgan fingerprint density at radius 1 is 1.22 bits per heavy atom. The quantitative estimate of drug-likeness (QED) is 0.868. The molecular formula is C20H19NO2. The van der Waals surface area contributed by atoms with E-state index in [1.165, 1.54) is 0 Å². The highest BCUT2D eigenvalue weighted by atomic mass is 16.5. The Labute approximate surface area is 136 Å². The zero-order valence-corrected chi connectivity index (χ0v) is 13.0. The molecule has 3 rings (SSSR count). The Morgan fingerprint density at radius 3 is 2.70 bits per heavy atom. The molecule has 0 saturated heterocycles. The zero-order valence-electron chi connectivity index (χ0n) is 13.0. The van der Waals surface area contributed by atoms with Crippen LogP contribution in [0.4, 0.5) is 0 Å². The molecule has 1 aromatic heterocycles. The smallest absolute Gasteiger partial charge is 0.120 e. The van der Waals surface area contributed by atoms with E-state index in [2.05, 4.69) is 23.7 Å². The maximum atomic E-state index is 10.6. The van der Waals surface area contributed by atoms with E-state index in [0.717, 1.165) is 11.1 Å². The first-order chi connectivity index (χ1) is 11.2. The van der Waals surface area contributed by atoms with Crippen LogP contribution in [-0.2, 0) is 5.41 Å². The molecule has 1 aromatic carbocycles. The average Bonchev–Trinajstić information content (AvgIpc) is 2.62. The van der Waals surface area contributed by atoms with Crippen molar-refractivity contribution in [3.05, 3.63) is 90.8 Å². The summed E-state index contributed by atoms with van der Waals surface area (Å²) >= 11 is 0. The second kappa shape index (κ2) is 6.13. The van der Waals surface area contributed by atoms with Gasteiger partial charge in [-0.1, -0.05) is 30.4 Å². The van der Waals surface area contributed by atoms with Crippen molar-refractivity contribution in [3.8, 4) is 11.5 Å². The fourth-order valence-electron chi connectivity index (χ4n) is 3.23. The van der Waals surface area contributed by atoms with Gasteiger partial charge in [0.05, 0.1) is 12.5 Å². The molecule has 0 saturated carbocycles. The van der Waals surface area contributed by atoms with Gasteiger partial charge in [-0.05, 0) is 35.9 Å². The number of aromatic nitrogens is 1. The van der Waals surface area contributed by atoms with E-state index in [-0.39, 0.29) is 11.7 Å². The Hall–Kier alpha value is -2.81. The van der Waals surface area contributed by atoms with Gasteiger partial charge in [-0.25, -0.2) is 0 Å². The molecule has 0 amide bonds. The fourth-order valence-corrected chi connectivity index (χ4v) is 3.23. The third kappa shape index (κ3) is 2.44. The summed E-state index contributed by atoms with van der Waals surface area (Å²) in [6, 6.07) is 9.25. The summed E-state index contributed by atoms with van der Waals surface area (Å²) in [6.07, 6.45) is 13.6. The molecule has 1 aliphatic rings. The van der Waals surface area contributed by atoms with Crippen molar-refractivity contribution in [3.63, 3.8) is 0 Å². The van der Waals surface area contributed by atoms with E-state index in [0.29, 0.717) is 5.75 Å². The minimum absolute atomic E-state index is 0.00732. The Bertz CT molecular complexity index is 764. The van der Waals surface area contributed by atoms with E-state index in [4.69, 9.17) is 4.74 Å². The molecule has 0 radical (unpaired) electrons. The number of pyridine rings is 1. The largest absolute Gasteiger partial charge is 0.508 e. The molecule has 2 aromatic rings. The standard InChI is InChI=1S/C20H19NO2/c1-3-15-6-4-5-11-20(15,16-9-12-21-13-10-16)18-14-17(23-2)7-8-19(18)22/h3-15,22H,1H2,2H3. The van der Waals surface area contributed by atoms with Crippen LogP contribution in [0.15, 0.2) is 79.7 Å². The lowest BCUT2D eigenvalue weighted by Crippen LogP contribution is -2.34. The summed E-state index contributed by atoms with van der Waals surface area (Å²) in [6.45, 7) is 3.99. The molecule has 1 N–H and O–H groups in total. The van der Waals surface area contributed by atoms with Gasteiger partial charge in [0.15, 0.2) is 0 Å². The van der Waals surface area contributed by atoms with Gasteiger partial charge in [-0.2, -0.15) is 0 Å². The Balaban J connectivity index is 2.31. The summed E-state index contributed by atoms with van der Waals surface area (Å²) in [4.78, 5) is 4.12. The van der Waals surface area contributed by atoms with Crippen molar-refractivity contribution >= 4 is 0 Å². The molecule has 3 heteroatoms. The number of allylic oxidation sites excluding steroid dienone is 5. The van der Waals surface area contributed by atoms with Crippen LogP contribution in [-0.4, -0.2) is 17.2 Å². The van der Waals surface area contributed by atoms with Crippen LogP contribution < -0.4 is 4.74 Å². The number of phenols is 1. The van der Waals surface area contributed by atoms with E-state index in [1.807, 2.05) is 36.4 Å². The summed E-state index contributed by atoms with van der Waals surface area (Å²) in [5, 5.41) is 10.6. The number of hydrogen-bond donors (Lipinski definition) is 1. The van der Waals surface area contributed by atoms with Crippen molar-refractivity contribution < 1.29 is 9.84 Å². The van der Waals surface area contributed by atoms with E-state index < -0.39 is 5.41 Å². The normalized spacial score (nSPS) is 22.7. The first kappa shape index (κ1) is 15.1. The topological polar surface area (TPSA) is 42.4 Å². The Morgan fingerprint density at radius 2 is 2.00 bits per heavy atom. The predicted molar refractivity (Wildman–Crippen MR) is 91.6 cm³/mol. The summed E-state index contributed by atoms with van der Waals surface area (Å²) in [5.74, 6) is 0.944. The second-order valence-electron chi connectivity index (χ2n) is 5.49. The molecule has 3 nitrogen and oxygen atoms in total. The highest BCUT2D eigenvalue weighted by molar-refractivity contribution is 5.56. The monoisotopic (exact) mass is 305 g/mol. The minimum atomic E-state index is -0.544. The van der Waals surface area contributed by atoms with Crippen LogP contribution in [0.3, 0.4) is 0 Å². The van der Waals surface area contributed by atoms with Crippen LogP contribution in [0, 0.1) is 5.92 Å². The number of hydrogen-bond acceptors (Lipinski definition) is 3. The van der Waals surface area contributed by atoms with E-state index in [1.54, 1.807) is 31.6 Å². The number of ether oxygens (including phenoxy) is 1. The molecule has 0 aliphatic heterocycles.